The smallest absolute Gasteiger partial charge is 0.253 e. The van der Waals surface area contributed by atoms with Crippen LogP contribution in [-0.2, 0) is 6.54 Å². The molecule has 0 unspecified atom stereocenters. The van der Waals surface area contributed by atoms with Gasteiger partial charge in [0.05, 0.1) is 10.2 Å². The van der Waals surface area contributed by atoms with Gasteiger partial charge in [0.1, 0.15) is 0 Å². The van der Waals surface area contributed by atoms with Gasteiger partial charge in [-0.15, -0.1) is 0 Å². The van der Waals surface area contributed by atoms with Gasteiger partial charge in [-0.1, -0.05) is 29.5 Å². The molecule has 4 aromatic rings. The first kappa shape index (κ1) is 16.5. The molecule has 0 radical (unpaired) electrons. The van der Waals surface area contributed by atoms with Crippen molar-refractivity contribution in [3.8, 4) is 0 Å². The molecule has 26 heavy (non-hydrogen) atoms. The number of nitrogens with two attached hydrogens (primary N) is 1. The number of anilines is 1. The molecule has 0 aliphatic rings. The van der Waals surface area contributed by atoms with E-state index >= 15 is 0 Å². The number of benzene rings is 2. The van der Waals surface area contributed by atoms with E-state index in [0.29, 0.717) is 17.2 Å². The summed E-state index contributed by atoms with van der Waals surface area (Å²) in [6.07, 6.45) is 3.62. The van der Waals surface area contributed by atoms with Gasteiger partial charge in [-0.05, 0) is 41.6 Å². The van der Waals surface area contributed by atoms with Crippen molar-refractivity contribution in [2.45, 2.75) is 13.5 Å². The number of thiazole rings is 1. The molecule has 0 bridgehead atoms. The molecule has 130 valence electrons. The molecule has 2 aromatic heterocycles. The number of aryl methyl sites for hydroxylation is 1. The molecule has 6 heteroatoms. The van der Waals surface area contributed by atoms with Crippen molar-refractivity contribution in [1.29, 1.82) is 0 Å². The van der Waals surface area contributed by atoms with Crippen molar-refractivity contribution < 1.29 is 4.79 Å². The van der Waals surface area contributed by atoms with Crippen LogP contribution in [-0.4, -0.2) is 27.8 Å². The van der Waals surface area contributed by atoms with Gasteiger partial charge in [-0.2, -0.15) is 0 Å². The molecule has 0 aliphatic carbocycles. The molecule has 4 rings (SSSR count). The number of rotatable bonds is 3. The Hall–Kier alpha value is -2.99. The van der Waals surface area contributed by atoms with E-state index in [4.69, 9.17) is 5.73 Å². The van der Waals surface area contributed by atoms with Crippen LogP contribution in [0.15, 0.2) is 48.8 Å². The standard InChI is InChI=1S/C20H18N4OS/c1-12-8-15(9-17-18(12)23-20(21)26-17)19(25)24(2)11-14-5-3-4-13-10-22-7-6-16(13)14/h3-10H,11H2,1-2H3,(H2,21,23). The van der Waals surface area contributed by atoms with E-state index in [1.54, 1.807) is 11.1 Å². The summed E-state index contributed by atoms with van der Waals surface area (Å²) in [5, 5.41) is 2.71. The van der Waals surface area contributed by atoms with Crippen molar-refractivity contribution in [3.05, 3.63) is 65.5 Å². The minimum absolute atomic E-state index is 0.0203. The number of hydrogen-bond acceptors (Lipinski definition) is 5. The van der Waals surface area contributed by atoms with Gasteiger partial charge in [0.2, 0.25) is 0 Å². The lowest BCUT2D eigenvalue weighted by Gasteiger charge is -2.19. The summed E-state index contributed by atoms with van der Waals surface area (Å²) < 4.78 is 0.940. The number of carbonyl (C=O) groups is 1. The van der Waals surface area contributed by atoms with E-state index in [1.165, 1.54) is 11.3 Å². The van der Waals surface area contributed by atoms with Crippen LogP contribution in [0.4, 0.5) is 5.13 Å². The van der Waals surface area contributed by atoms with Crippen molar-refractivity contribution in [1.82, 2.24) is 14.9 Å². The summed E-state index contributed by atoms with van der Waals surface area (Å²) in [6.45, 7) is 2.48. The topological polar surface area (TPSA) is 72.1 Å². The summed E-state index contributed by atoms with van der Waals surface area (Å²) in [4.78, 5) is 23.2. The Morgan fingerprint density at radius 3 is 2.96 bits per heavy atom. The lowest BCUT2D eigenvalue weighted by molar-refractivity contribution is 0.0786. The predicted molar refractivity (Wildman–Crippen MR) is 106 cm³/mol. The second kappa shape index (κ2) is 6.38. The third-order valence-corrected chi connectivity index (χ3v) is 5.31. The van der Waals surface area contributed by atoms with Crippen LogP contribution in [0.25, 0.3) is 21.0 Å². The Bertz CT molecular complexity index is 1130. The van der Waals surface area contributed by atoms with Crippen LogP contribution in [0.5, 0.6) is 0 Å². The van der Waals surface area contributed by atoms with Gasteiger partial charge in [0, 0.05) is 36.9 Å². The van der Waals surface area contributed by atoms with E-state index < -0.39 is 0 Å². The normalized spacial score (nSPS) is 11.2. The molecule has 2 N–H and O–H groups in total. The van der Waals surface area contributed by atoms with E-state index in [-0.39, 0.29) is 5.91 Å². The average molecular weight is 362 g/mol. The van der Waals surface area contributed by atoms with Gasteiger partial charge >= 0.3 is 0 Å². The van der Waals surface area contributed by atoms with Crippen molar-refractivity contribution in [2.75, 3.05) is 12.8 Å². The highest BCUT2D eigenvalue weighted by Gasteiger charge is 2.16. The summed E-state index contributed by atoms with van der Waals surface area (Å²) >= 11 is 1.40. The zero-order valence-corrected chi connectivity index (χ0v) is 15.4. The molecule has 1 amide bonds. The number of aromatic nitrogens is 2. The number of nitrogens with zero attached hydrogens (tertiary/aromatic N) is 3. The molecule has 0 atom stereocenters. The molecule has 0 aliphatic heterocycles. The first-order valence-electron chi connectivity index (χ1n) is 8.26. The number of carbonyl (C=O) groups excluding carboxylic acids is 1. The highest BCUT2D eigenvalue weighted by molar-refractivity contribution is 7.22. The second-order valence-corrected chi connectivity index (χ2v) is 7.43. The first-order valence-corrected chi connectivity index (χ1v) is 9.08. The Labute approximate surface area is 155 Å². The first-order chi connectivity index (χ1) is 12.5. The minimum Gasteiger partial charge on any atom is -0.375 e. The van der Waals surface area contributed by atoms with Gasteiger partial charge < -0.3 is 10.6 Å². The summed E-state index contributed by atoms with van der Waals surface area (Å²) in [6, 6.07) is 11.8. The van der Waals surface area contributed by atoms with E-state index in [9.17, 15) is 4.79 Å². The van der Waals surface area contributed by atoms with Crippen LogP contribution in [0.2, 0.25) is 0 Å². The van der Waals surface area contributed by atoms with E-state index in [2.05, 4.69) is 9.97 Å². The molecule has 5 nitrogen and oxygen atoms in total. The predicted octanol–water partition coefficient (Wildman–Crippen LogP) is 4.01. The summed E-state index contributed by atoms with van der Waals surface area (Å²) in [5.74, 6) is -0.0203. The maximum atomic E-state index is 13.0. The van der Waals surface area contributed by atoms with Crippen LogP contribution < -0.4 is 5.73 Å². The van der Waals surface area contributed by atoms with Crippen LogP contribution >= 0.6 is 11.3 Å². The molecular formula is C20H18N4OS. The molecule has 2 heterocycles. The van der Waals surface area contributed by atoms with E-state index in [1.807, 2.05) is 56.6 Å². The highest BCUT2D eigenvalue weighted by atomic mass is 32.1. The lowest BCUT2D eigenvalue weighted by atomic mass is 10.1. The Balaban J connectivity index is 1.65. The maximum Gasteiger partial charge on any atom is 0.253 e. The third kappa shape index (κ3) is 2.88. The number of hydrogen-bond donors (Lipinski definition) is 1. The van der Waals surface area contributed by atoms with Crippen molar-refractivity contribution >= 4 is 43.4 Å². The summed E-state index contributed by atoms with van der Waals surface area (Å²) in [7, 11) is 1.82. The minimum atomic E-state index is -0.0203. The monoisotopic (exact) mass is 362 g/mol. The molecule has 2 aromatic carbocycles. The van der Waals surface area contributed by atoms with Crippen LogP contribution in [0.1, 0.15) is 21.5 Å². The van der Waals surface area contributed by atoms with Gasteiger partial charge in [0.25, 0.3) is 5.91 Å². The largest absolute Gasteiger partial charge is 0.375 e. The molecular weight excluding hydrogens is 344 g/mol. The van der Waals surface area contributed by atoms with E-state index in [0.717, 1.165) is 32.1 Å². The lowest BCUT2D eigenvalue weighted by Crippen LogP contribution is -2.26. The molecule has 0 spiro atoms. The number of pyridine rings is 1. The quantitative estimate of drug-likeness (QED) is 0.598. The van der Waals surface area contributed by atoms with Crippen LogP contribution in [0, 0.1) is 6.92 Å². The maximum absolute atomic E-state index is 13.0. The second-order valence-electron chi connectivity index (χ2n) is 6.37. The molecule has 0 saturated heterocycles. The number of fused-ring (bicyclic) bond motifs is 2. The van der Waals surface area contributed by atoms with Crippen LogP contribution in [0.3, 0.4) is 0 Å². The average Bonchev–Trinajstić information content (AvgIpc) is 3.02. The Kier molecular flexibility index (Phi) is 4.05. The third-order valence-electron chi connectivity index (χ3n) is 4.47. The fourth-order valence-electron chi connectivity index (χ4n) is 3.21. The van der Waals surface area contributed by atoms with Gasteiger partial charge in [-0.25, -0.2) is 4.98 Å². The fraction of sp³-hybridized carbons (Fsp3) is 0.150. The SMILES string of the molecule is Cc1cc(C(=O)N(C)Cc2cccc3cnccc23)cc2sc(N)nc12. The number of amides is 1. The van der Waals surface area contributed by atoms with Crippen molar-refractivity contribution in [3.63, 3.8) is 0 Å². The van der Waals surface area contributed by atoms with Gasteiger partial charge in [0.15, 0.2) is 5.13 Å². The zero-order valence-electron chi connectivity index (χ0n) is 14.6. The Morgan fingerprint density at radius 2 is 2.12 bits per heavy atom. The molecule has 0 fully saturated rings. The van der Waals surface area contributed by atoms with Crippen molar-refractivity contribution in [2.24, 2.45) is 0 Å². The number of nitrogen functional groups attached to an aromatic ring is 1. The summed E-state index contributed by atoms with van der Waals surface area (Å²) in [5.41, 5.74) is 9.39. The zero-order chi connectivity index (χ0) is 18.3. The highest BCUT2D eigenvalue weighted by Crippen LogP contribution is 2.28. The van der Waals surface area contributed by atoms with Gasteiger partial charge in [-0.3, -0.25) is 9.78 Å². The fourth-order valence-corrected chi connectivity index (χ4v) is 4.06. The molecule has 0 saturated carbocycles. The Morgan fingerprint density at radius 1 is 1.27 bits per heavy atom.